The van der Waals surface area contributed by atoms with Crippen molar-refractivity contribution in [3.05, 3.63) is 34.3 Å². The quantitative estimate of drug-likeness (QED) is 0.875. The number of halogens is 1. The van der Waals surface area contributed by atoms with E-state index in [0.717, 1.165) is 16.5 Å². The van der Waals surface area contributed by atoms with Crippen molar-refractivity contribution >= 4 is 21.8 Å². The second-order valence-electron chi connectivity index (χ2n) is 3.91. The van der Waals surface area contributed by atoms with E-state index in [0.29, 0.717) is 19.5 Å². The zero-order valence-corrected chi connectivity index (χ0v) is 11.6. The highest BCUT2D eigenvalue weighted by atomic mass is 79.9. The topological polar surface area (TPSA) is 40.5 Å². The molecule has 0 saturated carbocycles. The Bertz CT molecular complexity index is 345. The highest BCUT2D eigenvalue weighted by Crippen LogP contribution is 2.11. The average Bonchev–Trinajstić information content (AvgIpc) is 2.32. The fraction of sp³-hybridized carbons (Fsp3) is 0.462. The molecule has 1 N–H and O–H groups in total. The number of amides is 1. The molecule has 0 aliphatic heterocycles. The number of aliphatic hydroxyl groups excluding tert-OH is 1. The smallest absolute Gasteiger partial charge is 0.227 e. The summed E-state index contributed by atoms with van der Waals surface area (Å²) in [5.41, 5.74) is 0.997. The van der Waals surface area contributed by atoms with E-state index in [1.807, 2.05) is 31.2 Å². The first-order valence-corrected chi connectivity index (χ1v) is 6.59. The lowest BCUT2D eigenvalue weighted by Crippen LogP contribution is -2.35. The standard InChI is InChI=1S/C13H18BrNO2/c1-2-7-15(8-9-16)13(17)10-11-3-5-12(14)6-4-11/h3-6,16H,2,7-10H2,1H3. The van der Waals surface area contributed by atoms with Gasteiger partial charge in [-0.2, -0.15) is 0 Å². The van der Waals surface area contributed by atoms with Gasteiger partial charge in [-0.15, -0.1) is 0 Å². The highest BCUT2D eigenvalue weighted by molar-refractivity contribution is 9.10. The van der Waals surface area contributed by atoms with Gasteiger partial charge >= 0.3 is 0 Å². The first-order valence-electron chi connectivity index (χ1n) is 5.80. The Kier molecular flexibility index (Phi) is 6.22. The molecule has 0 atom stereocenters. The number of benzene rings is 1. The molecule has 1 amide bonds. The predicted molar refractivity (Wildman–Crippen MR) is 71.8 cm³/mol. The molecule has 0 fully saturated rings. The summed E-state index contributed by atoms with van der Waals surface area (Å²) in [6.45, 7) is 3.17. The Morgan fingerprint density at radius 1 is 1.29 bits per heavy atom. The molecule has 1 aromatic rings. The van der Waals surface area contributed by atoms with Crippen LogP contribution in [0.15, 0.2) is 28.7 Å². The molecule has 0 unspecified atom stereocenters. The van der Waals surface area contributed by atoms with Gasteiger partial charge in [0.15, 0.2) is 0 Å². The molecular weight excluding hydrogens is 282 g/mol. The number of nitrogens with zero attached hydrogens (tertiary/aromatic N) is 1. The molecule has 0 aliphatic rings. The number of carbonyl (C=O) groups is 1. The van der Waals surface area contributed by atoms with E-state index in [4.69, 9.17) is 5.11 Å². The summed E-state index contributed by atoms with van der Waals surface area (Å²) in [4.78, 5) is 13.7. The zero-order valence-electron chi connectivity index (χ0n) is 10.0. The molecule has 0 heterocycles. The lowest BCUT2D eigenvalue weighted by atomic mass is 10.1. The van der Waals surface area contributed by atoms with Crippen LogP contribution < -0.4 is 0 Å². The number of carbonyl (C=O) groups excluding carboxylic acids is 1. The van der Waals surface area contributed by atoms with E-state index in [1.54, 1.807) is 4.90 Å². The third-order valence-electron chi connectivity index (χ3n) is 2.48. The minimum Gasteiger partial charge on any atom is -0.395 e. The van der Waals surface area contributed by atoms with Crippen LogP contribution in [0.1, 0.15) is 18.9 Å². The molecule has 94 valence electrons. The van der Waals surface area contributed by atoms with E-state index < -0.39 is 0 Å². The second kappa shape index (κ2) is 7.45. The molecule has 0 spiro atoms. The van der Waals surface area contributed by atoms with Crippen LogP contribution in [0.2, 0.25) is 0 Å². The maximum Gasteiger partial charge on any atom is 0.227 e. The molecule has 1 aromatic carbocycles. The first kappa shape index (κ1) is 14.2. The molecular formula is C13H18BrNO2. The normalized spacial score (nSPS) is 10.3. The van der Waals surface area contributed by atoms with Gasteiger partial charge in [0, 0.05) is 17.6 Å². The van der Waals surface area contributed by atoms with Gasteiger partial charge in [-0.25, -0.2) is 0 Å². The summed E-state index contributed by atoms with van der Waals surface area (Å²) in [6, 6.07) is 7.73. The minimum absolute atomic E-state index is 0.0199. The van der Waals surface area contributed by atoms with Crippen molar-refractivity contribution in [1.29, 1.82) is 0 Å². The fourth-order valence-electron chi connectivity index (χ4n) is 1.64. The highest BCUT2D eigenvalue weighted by Gasteiger charge is 2.12. The third-order valence-corrected chi connectivity index (χ3v) is 3.01. The minimum atomic E-state index is 0.0199. The second-order valence-corrected chi connectivity index (χ2v) is 4.82. The van der Waals surface area contributed by atoms with Crippen molar-refractivity contribution in [1.82, 2.24) is 4.90 Å². The first-order chi connectivity index (χ1) is 8.17. The summed E-state index contributed by atoms with van der Waals surface area (Å²) >= 11 is 3.36. The van der Waals surface area contributed by atoms with Crippen LogP contribution in [0.4, 0.5) is 0 Å². The van der Waals surface area contributed by atoms with Crippen molar-refractivity contribution in [2.45, 2.75) is 19.8 Å². The van der Waals surface area contributed by atoms with Crippen molar-refractivity contribution in [3.63, 3.8) is 0 Å². The van der Waals surface area contributed by atoms with Crippen LogP contribution in [-0.4, -0.2) is 35.6 Å². The maximum atomic E-state index is 12.0. The van der Waals surface area contributed by atoms with Crippen LogP contribution in [0.3, 0.4) is 0 Å². The number of rotatable bonds is 6. The largest absolute Gasteiger partial charge is 0.395 e. The number of hydrogen-bond acceptors (Lipinski definition) is 2. The maximum absolute atomic E-state index is 12.0. The Morgan fingerprint density at radius 2 is 1.94 bits per heavy atom. The van der Waals surface area contributed by atoms with Gasteiger partial charge in [0.2, 0.25) is 5.91 Å². The Labute approximate surface area is 111 Å². The van der Waals surface area contributed by atoms with Crippen molar-refractivity contribution < 1.29 is 9.90 Å². The summed E-state index contributed by atoms with van der Waals surface area (Å²) in [6.07, 6.45) is 1.30. The van der Waals surface area contributed by atoms with E-state index in [2.05, 4.69) is 15.9 Å². The van der Waals surface area contributed by atoms with Crippen LogP contribution in [0.5, 0.6) is 0 Å². The van der Waals surface area contributed by atoms with Crippen molar-refractivity contribution in [2.75, 3.05) is 19.7 Å². The summed E-state index contributed by atoms with van der Waals surface area (Å²) in [5.74, 6) is 0.0724. The van der Waals surface area contributed by atoms with Crippen LogP contribution in [0.25, 0.3) is 0 Å². The van der Waals surface area contributed by atoms with Gasteiger partial charge in [-0.05, 0) is 24.1 Å². The van der Waals surface area contributed by atoms with E-state index in [1.165, 1.54) is 0 Å². The molecule has 0 radical (unpaired) electrons. The van der Waals surface area contributed by atoms with E-state index in [9.17, 15) is 4.79 Å². The summed E-state index contributed by atoms with van der Waals surface area (Å²) in [5, 5.41) is 8.91. The van der Waals surface area contributed by atoms with Crippen LogP contribution >= 0.6 is 15.9 Å². The third kappa shape index (κ3) is 4.88. The molecule has 4 heteroatoms. The Hall–Kier alpha value is -0.870. The van der Waals surface area contributed by atoms with Crippen molar-refractivity contribution in [2.24, 2.45) is 0 Å². The summed E-state index contributed by atoms with van der Waals surface area (Å²) < 4.78 is 1.01. The number of hydrogen-bond donors (Lipinski definition) is 1. The Morgan fingerprint density at radius 3 is 2.47 bits per heavy atom. The van der Waals surface area contributed by atoms with E-state index in [-0.39, 0.29) is 12.5 Å². The molecule has 0 saturated heterocycles. The van der Waals surface area contributed by atoms with Gasteiger partial charge in [0.1, 0.15) is 0 Å². The van der Waals surface area contributed by atoms with Crippen molar-refractivity contribution in [3.8, 4) is 0 Å². The van der Waals surface area contributed by atoms with Gasteiger partial charge in [0.05, 0.1) is 13.0 Å². The van der Waals surface area contributed by atoms with Gasteiger partial charge < -0.3 is 10.0 Å². The van der Waals surface area contributed by atoms with Gasteiger partial charge in [0.25, 0.3) is 0 Å². The van der Waals surface area contributed by atoms with E-state index >= 15 is 0 Å². The Balaban J connectivity index is 2.59. The molecule has 3 nitrogen and oxygen atoms in total. The van der Waals surface area contributed by atoms with Crippen LogP contribution in [-0.2, 0) is 11.2 Å². The fourth-order valence-corrected chi connectivity index (χ4v) is 1.90. The molecule has 0 bridgehead atoms. The average molecular weight is 300 g/mol. The number of aliphatic hydroxyl groups is 1. The van der Waals surface area contributed by atoms with Crippen LogP contribution in [0, 0.1) is 0 Å². The molecule has 0 aliphatic carbocycles. The lowest BCUT2D eigenvalue weighted by molar-refractivity contribution is -0.131. The monoisotopic (exact) mass is 299 g/mol. The van der Waals surface area contributed by atoms with Gasteiger partial charge in [-0.1, -0.05) is 35.0 Å². The molecule has 1 rings (SSSR count). The summed E-state index contributed by atoms with van der Waals surface area (Å²) in [7, 11) is 0. The predicted octanol–water partition coefficient (Wildman–Crippen LogP) is 2.22. The SMILES string of the molecule is CCCN(CCO)C(=O)Cc1ccc(Br)cc1. The lowest BCUT2D eigenvalue weighted by Gasteiger charge is -2.21. The molecule has 0 aromatic heterocycles. The molecule has 17 heavy (non-hydrogen) atoms. The zero-order chi connectivity index (χ0) is 12.7. The van der Waals surface area contributed by atoms with Gasteiger partial charge in [-0.3, -0.25) is 4.79 Å².